The molecule has 0 radical (unpaired) electrons. The average Bonchev–Trinajstić information content (AvgIpc) is 3.08. The summed E-state index contributed by atoms with van der Waals surface area (Å²) in [5.41, 5.74) is 1.67. The average molecular weight is 441 g/mol. The highest BCUT2D eigenvalue weighted by Crippen LogP contribution is 2.31. The molecule has 1 aliphatic rings. The van der Waals surface area contributed by atoms with Gasteiger partial charge in [0.1, 0.15) is 23.4 Å². The zero-order valence-corrected chi connectivity index (χ0v) is 17.1. The second-order valence-corrected chi connectivity index (χ2v) is 7.39. The van der Waals surface area contributed by atoms with Crippen LogP contribution >= 0.6 is 0 Å². The van der Waals surface area contributed by atoms with E-state index >= 15 is 0 Å². The molecule has 33 heavy (non-hydrogen) atoms. The van der Waals surface area contributed by atoms with Crippen LogP contribution in [0.4, 0.5) is 10.1 Å². The molecule has 4 aromatic rings. The number of carbonyl (C=O) groups excluding carboxylic acids is 1. The van der Waals surface area contributed by atoms with Crippen LogP contribution in [0.5, 0.6) is 5.75 Å². The number of carbonyl (C=O) groups is 1. The summed E-state index contributed by atoms with van der Waals surface area (Å²) in [4.78, 5) is 27.2. The van der Waals surface area contributed by atoms with Crippen molar-refractivity contribution >= 4 is 34.5 Å². The number of phenols is 1. The molecule has 7 nitrogen and oxygen atoms in total. The largest absolute Gasteiger partial charge is 0.508 e. The zero-order chi connectivity index (χ0) is 22.9. The van der Waals surface area contributed by atoms with Crippen LogP contribution in [0.25, 0.3) is 11.0 Å². The number of hydrogen-bond acceptors (Lipinski definition) is 6. The summed E-state index contributed by atoms with van der Waals surface area (Å²) in [5, 5.41) is 17.8. The van der Waals surface area contributed by atoms with Gasteiger partial charge in [0.25, 0.3) is 5.91 Å². The molecule has 1 amide bonds. The summed E-state index contributed by atoms with van der Waals surface area (Å²) >= 11 is 0. The van der Waals surface area contributed by atoms with Gasteiger partial charge in [0.05, 0.1) is 29.4 Å². The summed E-state index contributed by atoms with van der Waals surface area (Å²) in [5.74, 6) is -0.836. The highest BCUT2D eigenvalue weighted by atomic mass is 19.1. The van der Waals surface area contributed by atoms with E-state index in [0.717, 1.165) is 0 Å². The maximum absolute atomic E-state index is 14.2. The number of aromatic hydroxyl groups is 1. The Hall–Kier alpha value is -4.59. The van der Waals surface area contributed by atoms with Crippen LogP contribution in [0.15, 0.2) is 92.4 Å². The van der Waals surface area contributed by atoms with Crippen molar-refractivity contribution in [3.05, 3.63) is 106 Å². The first-order valence-corrected chi connectivity index (χ1v) is 10.0. The standard InChI is InChI=1S/C25H16FN3O4/c26-20-7-3-1-5-15(20)13-29-21-8-4-2-6-18(21)23(25(29)32)28-27-12-16-14-33-22-11-17(30)9-10-19(22)24(16)31/h1-12,14,30H,13H2/b27-12+,28-23-. The minimum Gasteiger partial charge on any atom is -0.508 e. The predicted molar refractivity (Wildman–Crippen MR) is 122 cm³/mol. The van der Waals surface area contributed by atoms with Gasteiger partial charge < -0.3 is 14.4 Å². The second kappa shape index (κ2) is 8.16. The third kappa shape index (κ3) is 3.67. The molecule has 0 unspecified atom stereocenters. The summed E-state index contributed by atoms with van der Waals surface area (Å²) < 4.78 is 19.5. The van der Waals surface area contributed by atoms with Crippen LogP contribution in [0.1, 0.15) is 16.7 Å². The lowest BCUT2D eigenvalue weighted by Crippen LogP contribution is -2.29. The molecule has 1 aliphatic heterocycles. The highest BCUT2D eigenvalue weighted by molar-refractivity contribution is 6.54. The lowest BCUT2D eigenvalue weighted by molar-refractivity contribution is -0.112. The SMILES string of the molecule is O=C1/C(=N\N=C\c2coc3cc(O)ccc3c2=O)c2ccccc2N1Cc1ccccc1F. The Bertz CT molecular complexity index is 1520. The van der Waals surface area contributed by atoms with Gasteiger partial charge in [0.2, 0.25) is 5.43 Å². The molecule has 1 aromatic heterocycles. The molecule has 1 N–H and O–H groups in total. The molecule has 0 atom stereocenters. The first-order chi connectivity index (χ1) is 16.0. The van der Waals surface area contributed by atoms with E-state index in [4.69, 9.17) is 4.42 Å². The number of hydrogen-bond donors (Lipinski definition) is 1. The molecule has 0 bridgehead atoms. The van der Waals surface area contributed by atoms with Gasteiger partial charge in [0, 0.05) is 17.2 Å². The van der Waals surface area contributed by atoms with Crippen LogP contribution in [0, 0.1) is 5.82 Å². The molecule has 8 heteroatoms. The Morgan fingerprint density at radius 3 is 2.67 bits per heavy atom. The molecule has 3 aromatic carbocycles. The first kappa shape index (κ1) is 20.3. The topological polar surface area (TPSA) is 95.5 Å². The third-order valence-corrected chi connectivity index (χ3v) is 5.32. The zero-order valence-electron chi connectivity index (χ0n) is 17.1. The molecule has 0 aliphatic carbocycles. The van der Waals surface area contributed by atoms with Crippen LogP contribution in [0.3, 0.4) is 0 Å². The van der Waals surface area contributed by atoms with E-state index in [9.17, 15) is 19.1 Å². The van der Waals surface area contributed by atoms with Crippen molar-refractivity contribution in [3.8, 4) is 5.75 Å². The number of nitrogens with zero attached hydrogens (tertiary/aromatic N) is 3. The van der Waals surface area contributed by atoms with E-state index in [0.29, 0.717) is 16.8 Å². The summed E-state index contributed by atoms with van der Waals surface area (Å²) in [6, 6.07) is 17.5. The summed E-state index contributed by atoms with van der Waals surface area (Å²) in [6.07, 6.45) is 2.42. The fourth-order valence-corrected chi connectivity index (χ4v) is 3.68. The van der Waals surface area contributed by atoms with E-state index in [-0.39, 0.29) is 40.0 Å². The van der Waals surface area contributed by atoms with Gasteiger partial charge in [-0.3, -0.25) is 9.59 Å². The van der Waals surface area contributed by atoms with Crippen molar-refractivity contribution < 1.29 is 18.7 Å². The smallest absolute Gasteiger partial charge is 0.279 e. The van der Waals surface area contributed by atoms with E-state index in [1.807, 2.05) is 0 Å². The molecule has 0 saturated heterocycles. The Labute approximate surface area is 186 Å². The normalized spacial score (nSPS) is 14.5. The van der Waals surface area contributed by atoms with E-state index in [2.05, 4.69) is 10.2 Å². The van der Waals surface area contributed by atoms with Gasteiger partial charge >= 0.3 is 0 Å². The molecular formula is C25H16FN3O4. The monoisotopic (exact) mass is 441 g/mol. The Balaban J connectivity index is 1.48. The fraction of sp³-hybridized carbons (Fsp3) is 0.0400. The Morgan fingerprint density at radius 1 is 1.03 bits per heavy atom. The van der Waals surface area contributed by atoms with Gasteiger partial charge in [-0.15, -0.1) is 5.10 Å². The lowest BCUT2D eigenvalue weighted by Gasteiger charge is -2.17. The quantitative estimate of drug-likeness (QED) is 0.382. The van der Waals surface area contributed by atoms with E-state index in [1.54, 1.807) is 42.5 Å². The predicted octanol–water partition coefficient (Wildman–Crippen LogP) is 4.01. The highest BCUT2D eigenvalue weighted by Gasteiger charge is 2.34. The van der Waals surface area contributed by atoms with Crippen molar-refractivity contribution in [2.45, 2.75) is 6.54 Å². The molecule has 0 saturated carbocycles. The van der Waals surface area contributed by atoms with E-state index in [1.165, 1.54) is 41.6 Å². The number of fused-ring (bicyclic) bond motifs is 2. The minimum absolute atomic E-state index is 0.0168. The number of para-hydroxylation sites is 1. The van der Waals surface area contributed by atoms with Gasteiger partial charge in [-0.05, 0) is 24.3 Å². The molecule has 5 rings (SSSR count). The van der Waals surface area contributed by atoms with Crippen molar-refractivity contribution in [2.24, 2.45) is 10.2 Å². The van der Waals surface area contributed by atoms with Crippen LogP contribution in [-0.2, 0) is 11.3 Å². The summed E-state index contributed by atoms with van der Waals surface area (Å²) in [7, 11) is 0. The molecule has 2 heterocycles. The number of anilines is 1. The maximum Gasteiger partial charge on any atom is 0.279 e. The number of amides is 1. The molecule has 0 fully saturated rings. The van der Waals surface area contributed by atoms with Gasteiger partial charge in [-0.2, -0.15) is 5.10 Å². The minimum atomic E-state index is -0.419. The Kier molecular flexibility index (Phi) is 5.02. The molecule has 162 valence electrons. The van der Waals surface area contributed by atoms with Crippen molar-refractivity contribution in [3.63, 3.8) is 0 Å². The second-order valence-electron chi connectivity index (χ2n) is 7.39. The Morgan fingerprint density at radius 2 is 1.82 bits per heavy atom. The van der Waals surface area contributed by atoms with Crippen molar-refractivity contribution in [1.29, 1.82) is 0 Å². The van der Waals surface area contributed by atoms with Gasteiger partial charge in [0.15, 0.2) is 5.71 Å². The van der Waals surface area contributed by atoms with Gasteiger partial charge in [-0.1, -0.05) is 36.4 Å². The maximum atomic E-state index is 14.2. The summed E-state index contributed by atoms with van der Waals surface area (Å²) in [6.45, 7) is 0.0480. The number of phenolic OH excluding ortho intramolecular Hbond substituents is 1. The first-order valence-electron chi connectivity index (χ1n) is 10.0. The van der Waals surface area contributed by atoms with Crippen LogP contribution in [0.2, 0.25) is 0 Å². The number of benzene rings is 3. The van der Waals surface area contributed by atoms with E-state index < -0.39 is 11.7 Å². The number of rotatable bonds is 4. The van der Waals surface area contributed by atoms with Gasteiger partial charge in [-0.25, -0.2) is 4.39 Å². The molecule has 0 spiro atoms. The number of halogens is 1. The third-order valence-electron chi connectivity index (χ3n) is 5.32. The fourth-order valence-electron chi connectivity index (χ4n) is 3.68. The van der Waals surface area contributed by atoms with Crippen molar-refractivity contribution in [2.75, 3.05) is 4.90 Å². The molecular weight excluding hydrogens is 425 g/mol. The van der Waals surface area contributed by atoms with Crippen LogP contribution in [-0.4, -0.2) is 22.9 Å². The van der Waals surface area contributed by atoms with Crippen molar-refractivity contribution in [1.82, 2.24) is 0 Å². The lowest BCUT2D eigenvalue weighted by atomic mass is 10.1. The van der Waals surface area contributed by atoms with Crippen LogP contribution < -0.4 is 10.3 Å².